The van der Waals surface area contributed by atoms with Crippen molar-refractivity contribution in [3.05, 3.63) is 18.2 Å². The van der Waals surface area contributed by atoms with E-state index in [9.17, 15) is 4.79 Å². The summed E-state index contributed by atoms with van der Waals surface area (Å²) in [5.41, 5.74) is 0.732. The molecule has 1 aliphatic rings. The van der Waals surface area contributed by atoms with E-state index in [4.69, 9.17) is 9.47 Å². The van der Waals surface area contributed by atoms with Gasteiger partial charge in [-0.3, -0.25) is 4.79 Å². The van der Waals surface area contributed by atoms with Crippen molar-refractivity contribution >= 4 is 27.5 Å². The lowest BCUT2D eigenvalue weighted by Gasteiger charge is -2.19. The zero-order chi connectivity index (χ0) is 13.7. The van der Waals surface area contributed by atoms with Crippen LogP contribution in [0.2, 0.25) is 0 Å². The number of hydrogen-bond donors (Lipinski definition) is 1. The summed E-state index contributed by atoms with van der Waals surface area (Å²) in [6, 6.07) is 5.44. The standard InChI is InChI=1S/C14H18BrNO3/c1-2-3-4-11(15)14(17)16-10-5-6-12-13(9-10)19-8-7-18-12/h5-6,9,11H,2-4,7-8H2,1H3,(H,16,17)/t11-/m0/s1. The van der Waals surface area contributed by atoms with Crippen LogP contribution in [0, 0.1) is 0 Å². The second-order valence-corrected chi connectivity index (χ2v) is 5.56. The first-order chi connectivity index (χ1) is 9.20. The molecule has 4 nitrogen and oxygen atoms in total. The van der Waals surface area contributed by atoms with Crippen LogP contribution in [0.25, 0.3) is 0 Å². The Hall–Kier alpha value is -1.23. The molecule has 0 radical (unpaired) electrons. The molecule has 0 aliphatic carbocycles. The van der Waals surface area contributed by atoms with Crippen LogP contribution in [0.1, 0.15) is 26.2 Å². The number of hydrogen-bond acceptors (Lipinski definition) is 3. The monoisotopic (exact) mass is 327 g/mol. The summed E-state index contributed by atoms with van der Waals surface area (Å²) < 4.78 is 10.9. The van der Waals surface area contributed by atoms with Gasteiger partial charge in [-0.25, -0.2) is 0 Å². The van der Waals surface area contributed by atoms with Crippen molar-refractivity contribution in [2.45, 2.75) is 31.0 Å². The van der Waals surface area contributed by atoms with Gasteiger partial charge in [0.05, 0.1) is 4.83 Å². The second-order valence-electron chi connectivity index (χ2n) is 4.46. The van der Waals surface area contributed by atoms with E-state index in [1.165, 1.54) is 0 Å². The third kappa shape index (κ3) is 3.86. The molecule has 0 fully saturated rings. The molecule has 1 heterocycles. The first-order valence-electron chi connectivity index (χ1n) is 6.55. The van der Waals surface area contributed by atoms with E-state index in [1.54, 1.807) is 6.07 Å². The number of amides is 1. The molecule has 0 saturated carbocycles. The number of carbonyl (C=O) groups excluding carboxylic acids is 1. The van der Waals surface area contributed by atoms with Gasteiger partial charge < -0.3 is 14.8 Å². The molecule has 0 bridgehead atoms. The average Bonchev–Trinajstić information content (AvgIpc) is 2.44. The maximum Gasteiger partial charge on any atom is 0.238 e. The van der Waals surface area contributed by atoms with Crippen LogP contribution in [0.4, 0.5) is 5.69 Å². The molecule has 0 unspecified atom stereocenters. The minimum atomic E-state index is -0.152. The number of anilines is 1. The summed E-state index contributed by atoms with van der Waals surface area (Å²) in [6.45, 7) is 3.22. The van der Waals surface area contributed by atoms with Crippen LogP contribution in [-0.4, -0.2) is 23.9 Å². The van der Waals surface area contributed by atoms with Crippen LogP contribution in [-0.2, 0) is 4.79 Å². The fraction of sp³-hybridized carbons (Fsp3) is 0.500. The van der Waals surface area contributed by atoms with Crippen LogP contribution < -0.4 is 14.8 Å². The molecule has 0 saturated heterocycles. The lowest BCUT2D eigenvalue weighted by Crippen LogP contribution is -2.23. The molecule has 5 heteroatoms. The highest BCUT2D eigenvalue weighted by Gasteiger charge is 2.16. The molecule has 1 aromatic carbocycles. The number of alkyl halides is 1. The van der Waals surface area contributed by atoms with Crippen molar-refractivity contribution in [3.8, 4) is 11.5 Å². The van der Waals surface area contributed by atoms with Gasteiger partial charge in [0.15, 0.2) is 11.5 Å². The minimum Gasteiger partial charge on any atom is -0.486 e. The van der Waals surface area contributed by atoms with E-state index >= 15 is 0 Å². The third-order valence-electron chi connectivity index (χ3n) is 2.91. The van der Waals surface area contributed by atoms with Crippen molar-refractivity contribution in [3.63, 3.8) is 0 Å². The Morgan fingerprint density at radius 1 is 1.37 bits per heavy atom. The van der Waals surface area contributed by atoms with Gasteiger partial charge in [-0.2, -0.15) is 0 Å². The van der Waals surface area contributed by atoms with Crippen LogP contribution in [0.3, 0.4) is 0 Å². The molecule has 1 N–H and O–H groups in total. The minimum absolute atomic E-state index is 0.0230. The zero-order valence-corrected chi connectivity index (χ0v) is 12.5. The van der Waals surface area contributed by atoms with Crippen molar-refractivity contribution in [2.75, 3.05) is 18.5 Å². The summed E-state index contributed by atoms with van der Waals surface area (Å²) in [6.07, 6.45) is 2.96. The number of nitrogens with one attached hydrogen (secondary N) is 1. The van der Waals surface area contributed by atoms with E-state index in [2.05, 4.69) is 28.2 Å². The van der Waals surface area contributed by atoms with E-state index in [-0.39, 0.29) is 10.7 Å². The van der Waals surface area contributed by atoms with Crippen LogP contribution >= 0.6 is 15.9 Å². The SMILES string of the molecule is CCCC[C@H](Br)C(=O)Nc1ccc2c(c1)OCCO2. The number of carbonyl (C=O) groups is 1. The Morgan fingerprint density at radius 3 is 2.84 bits per heavy atom. The number of unbranched alkanes of at least 4 members (excludes halogenated alkanes) is 1. The van der Waals surface area contributed by atoms with Gasteiger partial charge in [-0.15, -0.1) is 0 Å². The highest BCUT2D eigenvalue weighted by molar-refractivity contribution is 9.10. The van der Waals surface area contributed by atoms with Crippen LogP contribution in [0.15, 0.2) is 18.2 Å². The molecule has 1 atom stereocenters. The van der Waals surface area contributed by atoms with Gasteiger partial charge in [0, 0.05) is 11.8 Å². The van der Waals surface area contributed by atoms with Gasteiger partial charge in [0.25, 0.3) is 0 Å². The predicted octanol–water partition coefficient (Wildman–Crippen LogP) is 3.35. The smallest absolute Gasteiger partial charge is 0.238 e. The fourth-order valence-corrected chi connectivity index (χ4v) is 2.29. The Balaban J connectivity index is 1.97. The molecule has 0 spiro atoms. The Kier molecular flexibility index (Phi) is 5.07. The Labute approximate surface area is 121 Å². The highest BCUT2D eigenvalue weighted by Crippen LogP contribution is 2.32. The van der Waals surface area contributed by atoms with Crippen molar-refractivity contribution in [2.24, 2.45) is 0 Å². The van der Waals surface area contributed by atoms with E-state index < -0.39 is 0 Å². The number of rotatable bonds is 5. The summed E-state index contributed by atoms with van der Waals surface area (Å²) in [5, 5.41) is 2.88. The van der Waals surface area contributed by atoms with Crippen molar-refractivity contribution < 1.29 is 14.3 Å². The summed E-state index contributed by atoms with van der Waals surface area (Å²) in [7, 11) is 0. The molecular weight excluding hydrogens is 310 g/mol. The zero-order valence-electron chi connectivity index (χ0n) is 10.9. The summed E-state index contributed by atoms with van der Waals surface area (Å²) in [4.78, 5) is 11.8. The molecule has 1 aliphatic heterocycles. The lowest BCUT2D eigenvalue weighted by atomic mass is 10.2. The molecule has 0 aromatic heterocycles. The van der Waals surface area contributed by atoms with E-state index in [1.807, 2.05) is 12.1 Å². The fourth-order valence-electron chi connectivity index (χ4n) is 1.86. The van der Waals surface area contributed by atoms with E-state index in [0.717, 1.165) is 30.7 Å². The summed E-state index contributed by atoms with van der Waals surface area (Å²) in [5.74, 6) is 1.39. The Morgan fingerprint density at radius 2 is 2.11 bits per heavy atom. The topological polar surface area (TPSA) is 47.6 Å². The van der Waals surface area contributed by atoms with Gasteiger partial charge in [-0.05, 0) is 18.6 Å². The van der Waals surface area contributed by atoms with Gasteiger partial charge in [0.1, 0.15) is 13.2 Å². The molecule has 1 amide bonds. The summed E-state index contributed by atoms with van der Waals surface area (Å²) >= 11 is 3.41. The van der Waals surface area contributed by atoms with E-state index in [0.29, 0.717) is 19.0 Å². The number of halogens is 1. The predicted molar refractivity (Wildman–Crippen MR) is 78.3 cm³/mol. The lowest BCUT2D eigenvalue weighted by molar-refractivity contribution is -0.115. The molecule has 1 aromatic rings. The highest BCUT2D eigenvalue weighted by atomic mass is 79.9. The largest absolute Gasteiger partial charge is 0.486 e. The Bertz CT molecular complexity index is 450. The second kappa shape index (κ2) is 6.80. The average molecular weight is 328 g/mol. The first kappa shape index (κ1) is 14.2. The number of benzene rings is 1. The van der Waals surface area contributed by atoms with Gasteiger partial charge in [0.2, 0.25) is 5.91 Å². The molecule has 2 rings (SSSR count). The first-order valence-corrected chi connectivity index (χ1v) is 7.47. The third-order valence-corrected chi connectivity index (χ3v) is 3.78. The molecule has 19 heavy (non-hydrogen) atoms. The number of ether oxygens (including phenoxy) is 2. The van der Waals surface area contributed by atoms with Crippen molar-refractivity contribution in [1.29, 1.82) is 0 Å². The van der Waals surface area contributed by atoms with Crippen molar-refractivity contribution in [1.82, 2.24) is 0 Å². The number of fused-ring (bicyclic) bond motifs is 1. The molecule has 104 valence electrons. The molecular formula is C14H18BrNO3. The maximum atomic E-state index is 12.0. The maximum absolute atomic E-state index is 12.0. The van der Waals surface area contributed by atoms with Gasteiger partial charge >= 0.3 is 0 Å². The van der Waals surface area contributed by atoms with Gasteiger partial charge in [-0.1, -0.05) is 35.7 Å². The quantitative estimate of drug-likeness (QED) is 0.843. The van der Waals surface area contributed by atoms with Crippen LogP contribution in [0.5, 0.6) is 11.5 Å². The normalized spacial score (nSPS) is 14.8.